The smallest absolute Gasteiger partial charge is 0.270 e. The molecule has 0 atom stereocenters. The zero-order valence-electron chi connectivity index (χ0n) is 14.8. The van der Waals surface area contributed by atoms with Gasteiger partial charge in [0.15, 0.2) is 0 Å². The molecule has 8 heteroatoms. The van der Waals surface area contributed by atoms with E-state index in [1.165, 1.54) is 6.33 Å². The minimum atomic E-state index is -0.256. The van der Waals surface area contributed by atoms with E-state index in [4.69, 9.17) is 9.47 Å². The van der Waals surface area contributed by atoms with Gasteiger partial charge in [0.25, 0.3) is 5.91 Å². The summed E-state index contributed by atoms with van der Waals surface area (Å²) < 4.78 is 10.4. The number of morpholine rings is 1. The van der Waals surface area contributed by atoms with Crippen LogP contribution in [0.4, 0.5) is 17.2 Å². The molecule has 0 unspecified atom stereocenters. The average molecular weight is 357 g/mol. The lowest BCUT2D eigenvalue weighted by molar-refractivity contribution is 0.0932. The Morgan fingerprint density at radius 3 is 2.88 bits per heavy atom. The number of methoxy groups -OCH3 is 1. The molecule has 8 nitrogen and oxygen atoms in total. The summed E-state index contributed by atoms with van der Waals surface area (Å²) in [6.45, 7) is 4.00. The van der Waals surface area contributed by atoms with E-state index in [2.05, 4.69) is 31.6 Å². The Balaban J connectivity index is 1.73. The first-order chi connectivity index (χ1) is 12.8. The van der Waals surface area contributed by atoms with Gasteiger partial charge in [-0.25, -0.2) is 9.97 Å². The van der Waals surface area contributed by atoms with Crippen LogP contribution in [0.25, 0.3) is 0 Å². The summed E-state index contributed by atoms with van der Waals surface area (Å²) in [5.74, 6) is 0.312. The Morgan fingerprint density at radius 1 is 1.27 bits per heavy atom. The third-order valence-corrected chi connectivity index (χ3v) is 4.01. The number of hydrogen-bond acceptors (Lipinski definition) is 7. The molecule has 1 amide bonds. The first-order valence-corrected chi connectivity index (χ1v) is 8.56. The number of ether oxygens (including phenoxy) is 2. The highest BCUT2D eigenvalue weighted by molar-refractivity contribution is 5.93. The van der Waals surface area contributed by atoms with E-state index in [1.807, 2.05) is 18.2 Å². The van der Waals surface area contributed by atoms with Gasteiger partial charge >= 0.3 is 0 Å². The fraction of sp³-hybridized carbons (Fsp3) is 0.389. The summed E-state index contributed by atoms with van der Waals surface area (Å²) in [4.78, 5) is 22.7. The van der Waals surface area contributed by atoms with Gasteiger partial charge in [0.05, 0.1) is 31.2 Å². The van der Waals surface area contributed by atoms with E-state index >= 15 is 0 Å². The summed E-state index contributed by atoms with van der Waals surface area (Å²) in [6.07, 6.45) is 1.38. The Kier molecular flexibility index (Phi) is 6.34. The van der Waals surface area contributed by atoms with Gasteiger partial charge in [-0.1, -0.05) is 12.1 Å². The van der Waals surface area contributed by atoms with Gasteiger partial charge in [0, 0.05) is 32.8 Å². The molecule has 0 spiro atoms. The zero-order chi connectivity index (χ0) is 18.2. The lowest BCUT2D eigenvalue weighted by Gasteiger charge is -2.30. The summed E-state index contributed by atoms with van der Waals surface area (Å²) in [6, 6.07) is 9.66. The number of hydrogen-bond donors (Lipinski definition) is 2. The number of benzene rings is 1. The van der Waals surface area contributed by atoms with Gasteiger partial charge in [-0.2, -0.15) is 0 Å². The fourth-order valence-corrected chi connectivity index (χ4v) is 2.70. The Bertz CT molecular complexity index is 734. The second kappa shape index (κ2) is 9.12. The molecule has 1 aliphatic rings. The molecular weight excluding hydrogens is 334 g/mol. The van der Waals surface area contributed by atoms with Gasteiger partial charge in [-0.3, -0.25) is 4.79 Å². The molecule has 2 N–H and O–H groups in total. The van der Waals surface area contributed by atoms with E-state index < -0.39 is 0 Å². The number of para-hydroxylation sites is 2. The second-order valence-electron chi connectivity index (χ2n) is 5.78. The molecule has 1 saturated heterocycles. The van der Waals surface area contributed by atoms with Gasteiger partial charge in [-0.15, -0.1) is 0 Å². The second-order valence-corrected chi connectivity index (χ2v) is 5.78. The van der Waals surface area contributed by atoms with E-state index in [-0.39, 0.29) is 5.91 Å². The molecule has 1 aromatic carbocycles. The number of rotatable bonds is 7. The van der Waals surface area contributed by atoms with E-state index in [9.17, 15) is 4.79 Å². The number of nitrogens with one attached hydrogen (secondary N) is 2. The van der Waals surface area contributed by atoms with Crippen LogP contribution in [-0.4, -0.2) is 62.4 Å². The number of aromatic nitrogens is 2. The predicted molar refractivity (Wildman–Crippen MR) is 99.0 cm³/mol. The molecular formula is C18H23N5O3. The van der Waals surface area contributed by atoms with Crippen LogP contribution in [0.3, 0.4) is 0 Å². The summed E-state index contributed by atoms with van der Waals surface area (Å²) >= 11 is 0. The highest BCUT2D eigenvalue weighted by Crippen LogP contribution is 2.28. The standard InChI is InChI=1S/C18H23N5O3/c1-25-9-6-19-18(24)15-12-17(21-13-20-15)22-14-4-2-3-5-16(14)23-7-10-26-11-8-23/h2-5,12-13H,6-11H2,1H3,(H,19,24)(H,20,21,22). The van der Waals surface area contributed by atoms with Gasteiger partial charge in [0.1, 0.15) is 17.8 Å². The van der Waals surface area contributed by atoms with Crippen molar-refractivity contribution in [3.63, 3.8) is 0 Å². The maximum Gasteiger partial charge on any atom is 0.270 e. The summed E-state index contributed by atoms with van der Waals surface area (Å²) in [5, 5.41) is 6.04. The van der Waals surface area contributed by atoms with Crippen molar-refractivity contribution in [3.8, 4) is 0 Å². The van der Waals surface area contributed by atoms with Crippen molar-refractivity contribution in [1.29, 1.82) is 0 Å². The molecule has 0 aliphatic carbocycles. The first-order valence-electron chi connectivity index (χ1n) is 8.56. The highest BCUT2D eigenvalue weighted by Gasteiger charge is 2.15. The van der Waals surface area contributed by atoms with Crippen LogP contribution in [0.1, 0.15) is 10.5 Å². The number of carbonyl (C=O) groups excluding carboxylic acids is 1. The van der Waals surface area contributed by atoms with E-state index in [0.717, 1.165) is 24.5 Å². The van der Waals surface area contributed by atoms with Crippen LogP contribution < -0.4 is 15.5 Å². The Morgan fingerprint density at radius 2 is 2.08 bits per heavy atom. The molecule has 3 rings (SSSR count). The fourth-order valence-electron chi connectivity index (χ4n) is 2.70. The maximum absolute atomic E-state index is 12.1. The number of carbonyl (C=O) groups is 1. The van der Waals surface area contributed by atoms with Crippen LogP contribution in [0.15, 0.2) is 36.7 Å². The van der Waals surface area contributed by atoms with Crippen molar-refractivity contribution in [2.24, 2.45) is 0 Å². The van der Waals surface area contributed by atoms with E-state index in [0.29, 0.717) is 37.9 Å². The SMILES string of the molecule is COCCNC(=O)c1cc(Nc2ccccc2N2CCOCC2)ncn1. The lowest BCUT2D eigenvalue weighted by Crippen LogP contribution is -2.36. The molecule has 138 valence electrons. The largest absolute Gasteiger partial charge is 0.383 e. The minimum Gasteiger partial charge on any atom is -0.383 e. The first kappa shape index (κ1) is 18.1. The summed E-state index contributed by atoms with van der Waals surface area (Å²) in [7, 11) is 1.59. The third kappa shape index (κ3) is 4.68. The minimum absolute atomic E-state index is 0.256. The van der Waals surface area contributed by atoms with Crippen molar-refractivity contribution in [2.75, 3.05) is 56.8 Å². The van der Waals surface area contributed by atoms with Crippen LogP contribution in [-0.2, 0) is 9.47 Å². The highest BCUT2D eigenvalue weighted by atomic mass is 16.5. The van der Waals surface area contributed by atoms with E-state index in [1.54, 1.807) is 13.2 Å². The van der Waals surface area contributed by atoms with Crippen molar-refractivity contribution < 1.29 is 14.3 Å². The number of amides is 1. The van der Waals surface area contributed by atoms with Crippen molar-refractivity contribution in [2.45, 2.75) is 0 Å². The predicted octanol–water partition coefficient (Wildman–Crippen LogP) is 1.43. The number of nitrogens with zero attached hydrogens (tertiary/aromatic N) is 3. The quantitative estimate of drug-likeness (QED) is 0.725. The Labute approximate surface area is 152 Å². The molecule has 0 saturated carbocycles. The van der Waals surface area contributed by atoms with Gasteiger partial charge < -0.3 is 25.0 Å². The molecule has 2 heterocycles. The monoisotopic (exact) mass is 357 g/mol. The molecule has 1 aromatic heterocycles. The van der Waals surface area contributed by atoms with Crippen molar-refractivity contribution in [1.82, 2.24) is 15.3 Å². The third-order valence-electron chi connectivity index (χ3n) is 4.01. The van der Waals surface area contributed by atoms with Gasteiger partial charge in [-0.05, 0) is 12.1 Å². The number of anilines is 3. The average Bonchev–Trinajstić information content (AvgIpc) is 2.69. The normalized spacial score (nSPS) is 14.1. The van der Waals surface area contributed by atoms with Gasteiger partial charge in [0.2, 0.25) is 0 Å². The maximum atomic E-state index is 12.1. The summed E-state index contributed by atoms with van der Waals surface area (Å²) in [5.41, 5.74) is 2.32. The molecule has 1 fully saturated rings. The molecule has 1 aliphatic heterocycles. The molecule has 2 aromatic rings. The molecule has 0 radical (unpaired) electrons. The zero-order valence-corrected chi connectivity index (χ0v) is 14.8. The van der Waals surface area contributed by atoms with Crippen molar-refractivity contribution in [3.05, 3.63) is 42.4 Å². The van der Waals surface area contributed by atoms with Crippen LogP contribution in [0.5, 0.6) is 0 Å². The molecule has 0 bridgehead atoms. The van der Waals surface area contributed by atoms with Crippen LogP contribution in [0, 0.1) is 0 Å². The van der Waals surface area contributed by atoms with Crippen molar-refractivity contribution >= 4 is 23.1 Å². The van der Waals surface area contributed by atoms with Crippen LogP contribution >= 0.6 is 0 Å². The van der Waals surface area contributed by atoms with Crippen LogP contribution in [0.2, 0.25) is 0 Å². The topological polar surface area (TPSA) is 88.6 Å². The Hall–Kier alpha value is -2.71. The molecule has 26 heavy (non-hydrogen) atoms. The lowest BCUT2D eigenvalue weighted by atomic mass is 10.2.